The zero-order valence-corrected chi connectivity index (χ0v) is 39.4. The lowest BCUT2D eigenvalue weighted by molar-refractivity contribution is 0.139. The van der Waals surface area contributed by atoms with Crippen molar-refractivity contribution >= 4 is 38.9 Å². The molecule has 324 valence electrons. The lowest BCUT2D eigenvalue weighted by atomic mass is 9.56. The Labute approximate surface area is 394 Å². The Morgan fingerprint density at radius 3 is 1.61 bits per heavy atom. The fraction of sp³-hybridized carbons (Fsp3) is 0.169. The molecule has 2 nitrogen and oxygen atoms in total. The summed E-state index contributed by atoms with van der Waals surface area (Å²) in [6.07, 6.45) is 0. The highest BCUT2D eigenvalue weighted by molar-refractivity contribution is 6.09. The SMILES string of the molecule is CC1(C)c2ccc3cc2-c2c(cccc21)N(c1ccc(-c2ccccc2)cc1)c1ccc(cc1)-c1cc2c(cc1-c1cccc(-n4c5ccccc5c5ccccc54)c1)C(C)(C)C(C)(C)C32C. The zero-order valence-electron chi connectivity index (χ0n) is 39.4. The molecule has 2 aliphatic heterocycles. The number of hydrogen-bond acceptors (Lipinski definition) is 1. The molecule has 10 aromatic rings. The number of nitrogens with zero attached hydrogens (tertiary/aromatic N) is 2. The van der Waals surface area contributed by atoms with Gasteiger partial charge in [0.15, 0.2) is 0 Å². The van der Waals surface area contributed by atoms with Crippen LogP contribution >= 0.6 is 0 Å². The van der Waals surface area contributed by atoms with E-state index in [1.54, 1.807) is 0 Å². The molecule has 1 atom stereocenters. The van der Waals surface area contributed by atoms with Gasteiger partial charge >= 0.3 is 0 Å². The molecule has 67 heavy (non-hydrogen) atoms. The molecule has 0 saturated carbocycles. The second-order valence-electron chi connectivity index (χ2n) is 21.1. The first-order valence-corrected chi connectivity index (χ1v) is 24.0. The van der Waals surface area contributed by atoms with Crippen molar-refractivity contribution < 1.29 is 0 Å². The third-order valence-electron chi connectivity index (χ3n) is 17.3. The van der Waals surface area contributed by atoms with Crippen molar-refractivity contribution in [1.29, 1.82) is 0 Å². The average Bonchev–Trinajstić information content (AvgIpc) is 3.86. The van der Waals surface area contributed by atoms with Crippen molar-refractivity contribution in [3.8, 4) is 50.2 Å². The molecule has 14 rings (SSSR count). The second-order valence-corrected chi connectivity index (χ2v) is 21.1. The van der Waals surface area contributed by atoms with Crippen LogP contribution in [0.25, 0.3) is 72.0 Å². The van der Waals surface area contributed by atoms with Gasteiger partial charge in [-0.2, -0.15) is 0 Å². The molecule has 0 spiro atoms. The van der Waals surface area contributed by atoms with Gasteiger partial charge in [-0.3, -0.25) is 0 Å². The van der Waals surface area contributed by atoms with E-state index in [0.717, 1.165) is 17.1 Å². The molecule has 1 unspecified atom stereocenters. The van der Waals surface area contributed by atoms with E-state index in [-0.39, 0.29) is 21.7 Å². The molecular formula is C65H54N2. The summed E-state index contributed by atoms with van der Waals surface area (Å²) in [4.78, 5) is 2.50. The van der Waals surface area contributed by atoms with Crippen molar-refractivity contribution in [2.45, 2.75) is 64.7 Å². The zero-order chi connectivity index (χ0) is 45.6. The van der Waals surface area contributed by atoms with Gasteiger partial charge in [-0.25, -0.2) is 0 Å². The standard InChI is InChI=1S/C65H54N2/c1-62(2)54-36-31-45-38-53(54)61-55(62)23-16-26-60(61)66(46-32-27-42(28-33-46)41-17-9-8-10-18-41)47-34-29-43(30-35-47)51-40-57-56(63(3,4)64(5,6)65(45,57)7)39-52(51)44-19-15-20-48(37-44)67-58-24-13-11-21-49(58)50-22-12-14-25-59(50)67/h8-40H,1-7H3. The van der Waals surface area contributed by atoms with Crippen LogP contribution in [0.4, 0.5) is 17.1 Å². The number of benzene rings is 9. The Kier molecular flexibility index (Phi) is 8.23. The van der Waals surface area contributed by atoms with Crippen LogP contribution in [0.15, 0.2) is 200 Å². The van der Waals surface area contributed by atoms with Gasteiger partial charge < -0.3 is 9.47 Å². The van der Waals surface area contributed by atoms with Crippen LogP contribution in [0.2, 0.25) is 0 Å². The monoisotopic (exact) mass is 862 g/mol. The minimum atomic E-state index is -0.308. The molecule has 0 N–H and O–H groups in total. The Balaban J connectivity index is 1.08. The summed E-state index contributed by atoms with van der Waals surface area (Å²) in [5.74, 6) is 0. The van der Waals surface area contributed by atoms with E-state index in [4.69, 9.17) is 0 Å². The smallest absolute Gasteiger partial charge is 0.0543 e. The van der Waals surface area contributed by atoms with E-state index >= 15 is 0 Å². The maximum Gasteiger partial charge on any atom is 0.0543 e. The Morgan fingerprint density at radius 2 is 0.925 bits per heavy atom. The topological polar surface area (TPSA) is 8.17 Å². The van der Waals surface area contributed by atoms with Gasteiger partial charge in [0, 0.05) is 44.2 Å². The summed E-state index contributed by atoms with van der Waals surface area (Å²) >= 11 is 0. The van der Waals surface area contributed by atoms with Crippen LogP contribution in [0.3, 0.4) is 0 Å². The maximum absolute atomic E-state index is 2.59. The molecular weight excluding hydrogens is 809 g/mol. The summed E-state index contributed by atoms with van der Waals surface area (Å²) in [6.45, 7) is 17.4. The van der Waals surface area contributed by atoms with E-state index < -0.39 is 0 Å². The molecule has 1 aromatic heterocycles. The predicted molar refractivity (Wildman–Crippen MR) is 283 cm³/mol. The summed E-state index contributed by atoms with van der Waals surface area (Å²) in [5.41, 5.74) is 23.3. The number of para-hydroxylation sites is 2. The molecule has 0 saturated heterocycles. The van der Waals surface area contributed by atoms with Gasteiger partial charge in [-0.1, -0.05) is 176 Å². The van der Waals surface area contributed by atoms with Crippen LogP contribution in [-0.4, -0.2) is 4.57 Å². The van der Waals surface area contributed by atoms with E-state index in [0.29, 0.717) is 0 Å². The lowest BCUT2D eigenvalue weighted by Gasteiger charge is -2.47. The third kappa shape index (κ3) is 5.33. The van der Waals surface area contributed by atoms with Crippen LogP contribution in [0.5, 0.6) is 0 Å². The molecule has 9 aromatic carbocycles. The van der Waals surface area contributed by atoms with Crippen LogP contribution in [0.1, 0.15) is 76.3 Å². The number of fused-ring (bicyclic) bond motifs is 5. The van der Waals surface area contributed by atoms with E-state index in [2.05, 4.69) is 258 Å². The summed E-state index contributed by atoms with van der Waals surface area (Å²) < 4.78 is 2.44. The Bertz CT molecular complexity index is 3600. The third-order valence-corrected chi connectivity index (χ3v) is 17.3. The van der Waals surface area contributed by atoms with Gasteiger partial charge in [0.25, 0.3) is 0 Å². The van der Waals surface area contributed by atoms with E-state index in [1.807, 2.05) is 0 Å². The van der Waals surface area contributed by atoms with Crippen molar-refractivity contribution in [3.63, 3.8) is 0 Å². The minimum Gasteiger partial charge on any atom is -0.310 e. The van der Waals surface area contributed by atoms with Gasteiger partial charge in [0.05, 0.1) is 16.7 Å². The van der Waals surface area contributed by atoms with Gasteiger partial charge in [0.1, 0.15) is 0 Å². The summed E-state index contributed by atoms with van der Waals surface area (Å²) in [6, 6.07) is 75.8. The number of aromatic nitrogens is 1. The van der Waals surface area contributed by atoms with Crippen LogP contribution in [-0.2, 0) is 16.2 Å². The molecule has 0 fully saturated rings. The second kappa shape index (κ2) is 13.8. The maximum atomic E-state index is 2.59. The minimum absolute atomic E-state index is 0.152. The van der Waals surface area contributed by atoms with Crippen molar-refractivity contribution in [2.75, 3.05) is 4.90 Å². The number of anilines is 3. The summed E-state index contributed by atoms with van der Waals surface area (Å²) in [5, 5.41) is 2.54. The molecule has 6 bridgehead atoms. The molecule has 0 amide bonds. The van der Waals surface area contributed by atoms with Crippen molar-refractivity contribution in [2.24, 2.45) is 5.41 Å². The average molecular weight is 863 g/mol. The van der Waals surface area contributed by atoms with Gasteiger partial charge in [-0.15, -0.1) is 0 Å². The van der Waals surface area contributed by atoms with Crippen molar-refractivity contribution in [1.82, 2.24) is 4.57 Å². The first-order chi connectivity index (χ1) is 32.4. The van der Waals surface area contributed by atoms with Gasteiger partial charge in [0.2, 0.25) is 0 Å². The Hall–Kier alpha value is -7.42. The quantitative estimate of drug-likeness (QED) is 0.171. The highest BCUT2D eigenvalue weighted by atomic mass is 15.1. The normalized spacial score (nSPS) is 17.9. The molecule has 2 aliphatic carbocycles. The molecule has 3 heterocycles. The van der Waals surface area contributed by atoms with E-state index in [1.165, 1.54) is 99.8 Å². The van der Waals surface area contributed by atoms with Gasteiger partial charge in [-0.05, 0) is 150 Å². The first-order valence-electron chi connectivity index (χ1n) is 24.0. The summed E-state index contributed by atoms with van der Waals surface area (Å²) in [7, 11) is 0. The van der Waals surface area contributed by atoms with Crippen LogP contribution in [0, 0.1) is 5.41 Å². The largest absolute Gasteiger partial charge is 0.310 e. The van der Waals surface area contributed by atoms with E-state index in [9.17, 15) is 0 Å². The van der Waals surface area contributed by atoms with Crippen LogP contribution < -0.4 is 4.90 Å². The Morgan fingerprint density at radius 1 is 0.358 bits per heavy atom. The molecule has 0 radical (unpaired) electrons. The first kappa shape index (κ1) is 39.9. The highest BCUT2D eigenvalue weighted by Gasteiger charge is 2.60. The van der Waals surface area contributed by atoms with Crippen molar-refractivity contribution in [3.05, 3.63) is 228 Å². The highest BCUT2D eigenvalue weighted by Crippen LogP contribution is 2.66. The predicted octanol–water partition coefficient (Wildman–Crippen LogP) is 17.5. The molecule has 4 aliphatic rings. The lowest BCUT2D eigenvalue weighted by Crippen LogP contribution is -2.45. The fourth-order valence-electron chi connectivity index (χ4n) is 12.8. The fourth-order valence-corrected chi connectivity index (χ4v) is 12.8. The molecule has 2 heteroatoms. The number of hydrogen-bond donors (Lipinski definition) is 0. The number of rotatable bonds is 4.